The number of amides is 2. The number of cyclic esters (lactones) is 1. The minimum absolute atomic E-state index is 0.0799. The highest BCUT2D eigenvalue weighted by Gasteiger charge is 2.53. The number of nitrogens with one attached hydrogen (secondary N) is 4. The fourth-order valence-corrected chi connectivity index (χ4v) is 6.43. The maximum atomic E-state index is 13.3. The Balaban J connectivity index is 1.27. The summed E-state index contributed by atoms with van der Waals surface area (Å²) in [5.41, 5.74) is 7.81. The summed E-state index contributed by atoms with van der Waals surface area (Å²) in [6.45, 7) is 5.11. The number of nitrogens with two attached hydrogens (primary N) is 1. The van der Waals surface area contributed by atoms with E-state index in [0.29, 0.717) is 23.6 Å². The number of phenolic OH excluding ortho intramolecular Hbond substituents is 1. The summed E-state index contributed by atoms with van der Waals surface area (Å²) in [5.74, 6) is -0.361. The lowest BCUT2D eigenvalue weighted by molar-refractivity contribution is -0.141. The van der Waals surface area contributed by atoms with Gasteiger partial charge in [-0.15, -0.1) is 0 Å². The summed E-state index contributed by atoms with van der Waals surface area (Å²) in [4.78, 5) is 26.5. The molecule has 1 aliphatic carbocycles. The molecule has 2 aliphatic heterocycles. The molecule has 2 aromatic rings. The Morgan fingerprint density at radius 2 is 1.51 bits per heavy atom. The van der Waals surface area contributed by atoms with E-state index in [1.807, 2.05) is 12.1 Å². The van der Waals surface area contributed by atoms with E-state index in [9.17, 15) is 14.7 Å². The molecule has 3 aliphatic rings. The predicted molar refractivity (Wildman–Crippen MR) is 166 cm³/mol. The van der Waals surface area contributed by atoms with Crippen molar-refractivity contribution in [1.82, 2.24) is 21.3 Å². The number of ether oxygens (including phenoxy) is 5. The molecule has 2 heterocycles. The third-order valence-electron chi connectivity index (χ3n) is 8.67. The average Bonchev–Trinajstić information content (AvgIpc) is 3.67. The van der Waals surface area contributed by atoms with Gasteiger partial charge in [-0.3, -0.25) is 4.79 Å². The number of carbonyl (C=O) groups is 2. The van der Waals surface area contributed by atoms with Gasteiger partial charge >= 0.3 is 12.0 Å². The third kappa shape index (κ3) is 7.32. The molecule has 5 rings (SSSR count). The monoisotopic (exact) mass is 627 g/mol. The van der Waals surface area contributed by atoms with Crippen LogP contribution in [0.2, 0.25) is 0 Å². The number of esters is 1. The lowest BCUT2D eigenvalue weighted by Crippen LogP contribution is -2.46. The highest BCUT2D eigenvalue weighted by molar-refractivity contribution is 5.80. The summed E-state index contributed by atoms with van der Waals surface area (Å²) in [6.07, 6.45) is 3.95. The van der Waals surface area contributed by atoms with Crippen LogP contribution in [0.25, 0.3) is 0 Å². The molecule has 45 heavy (non-hydrogen) atoms. The van der Waals surface area contributed by atoms with Crippen molar-refractivity contribution < 1.29 is 38.4 Å². The topological polar surface area (TPSA) is 175 Å². The standard InChI is InChI=1S/C32H45N5O8/c1-41-25-13-19(14-26(42-2)30(25)38)27-20-15-23-24(45-18-44-23)16-21(20)29(22-17-43-31(39)28(22)27)37-32(40)36-12-6-11-35-10-5-9-34-8-4-3-7-33/h13-16,22,27-29,34-35,38H,3-12,17-18,33H2,1-2H3,(H2,36,37,40). The van der Waals surface area contributed by atoms with E-state index in [0.717, 1.165) is 69.5 Å². The van der Waals surface area contributed by atoms with Crippen LogP contribution in [0.5, 0.6) is 28.7 Å². The molecular weight excluding hydrogens is 582 g/mol. The van der Waals surface area contributed by atoms with Gasteiger partial charge in [0.05, 0.1) is 32.8 Å². The van der Waals surface area contributed by atoms with Crippen LogP contribution in [-0.4, -0.2) is 84.0 Å². The first-order valence-electron chi connectivity index (χ1n) is 15.7. The molecule has 7 N–H and O–H groups in total. The molecule has 4 atom stereocenters. The van der Waals surface area contributed by atoms with Crippen molar-refractivity contribution in [2.24, 2.45) is 17.6 Å². The first-order chi connectivity index (χ1) is 22.0. The quantitative estimate of drug-likeness (QED) is 0.119. The van der Waals surface area contributed by atoms with Crippen LogP contribution in [0, 0.1) is 11.8 Å². The number of methoxy groups -OCH3 is 2. The first-order valence-corrected chi connectivity index (χ1v) is 15.7. The highest BCUT2D eigenvalue weighted by Crippen LogP contribution is 2.55. The van der Waals surface area contributed by atoms with Gasteiger partial charge < -0.3 is 55.8 Å². The lowest BCUT2D eigenvalue weighted by Gasteiger charge is -2.39. The van der Waals surface area contributed by atoms with Crippen LogP contribution >= 0.6 is 0 Å². The molecular formula is C32H45N5O8. The molecule has 13 heteroatoms. The lowest BCUT2D eigenvalue weighted by atomic mass is 9.65. The van der Waals surface area contributed by atoms with Crippen LogP contribution in [0.15, 0.2) is 24.3 Å². The largest absolute Gasteiger partial charge is 0.502 e. The fourth-order valence-electron chi connectivity index (χ4n) is 6.43. The Bertz CT molecular complexity index is 1320. The van der Waals surface area contributed by atoms with E-state index in [1.165, 1.54) is 14.2 Å². The van der Waals surface area contributed by atoms with Crippen LogP contribution < -0.4 is 45.9 Å². The number of urea groups is 1. The zero-order chi connectivity index (χ0) is 31.8. The molecule has 2 amide bonds. The van der Waals surface area contributed by atoms with Crippen molar-refractivity contribution in [3.63, 3.8) is 0 Å². The van der Waals surface area contributed by atoms with E-state index in [2.05, 4.69) is 21.3 Å². The zero-order valence-electron chi connectivity index (χ0n) is 26.0. The number of aromatic hydroxyl groups is 1. The van der Waals surface area contributed by atoms with Crippen LogP contribution in [0.1, 0.15) is 54.3 Å². The second kappa shape index (κ2) is 15.4. The Morgan fingerprint density at radius 3 is 2.16 bits per heavy atom. The highest BCUT2D eigenvalue weighted by atomic mass is 16.7. The van der Waals surface area contributed by atoms with Gasteiger partial charge in [0.15, 0.2) is 23.0 Å². The first kappa shape index (κ1) is 32.5. The van der Waals surface area contributed by atoms with Crippen molar-refractivity contribution >= 4 is 12.0 Å². The maximum Gasteiger partial charge on any atom is 0.315 e. The number of rotatable bonds is 16. The normalized spacial score (nSPS) is 21.1. The predicted octanol–water partition coefficient (Wildman–Crippen LogP) is 2.11. The third-order valence-corrected chi connectivity index (χ3v) is 8.67. The SMILES string of the molecule is COc1cc(C2c3cc4c(cc3C(NC(=O)NCCCNCCCNCCCCN)C3COC(=O)C23)OCO4)cc(OC)c1O. The van der Waals surface area contributed by atoms with E-state index in [-0.39, 0.29) is 48.6 Å². The number of hydrogen-bond donors (Lipinski definition) is 6. The maximum absolute atomic E-state index is 13.3. The van der Waals surface area contributed by atoms with Crippen LogP contribution in [0.3, 0.4) is 0 Å². The molecule has 0 bridgehead atoms. The smallest absolute Gasteiger partial charge is 0.315 e. The van der Waals surface area contributed by atoms with Crippen molar-refractivity contribution in [3.8, 4) is 28.7 Å². The van der Waals surface area contributed by atoms with E-state index < -0.39 is 17.9 Å². The van der Waals surface area contributed by atoms with Gasteiger partial charge in [0.25, 0.3) is 0 Å². The van der Waals surface area contributed by atoms with Gasteiger partial charge in [-0.1, -0.05) is 0 Å². The minimum Gasteiger partial charge on any atom is -0.502 e. The van der Waals surface area contributed by atoms with E-state index in [1.54, 1.807) is 12.1 Å². The fraction of sp³-hybridized carbons (Fsp3) is 0.562. The van der Waals surface area contributed by atoms with Gasteiger partial charge in [-0.2, -0.15) is 0 Å². The van der Waals surface area contributed by atoms with Crippen LogP contribution in [-0.2, 0) is 9.53 Å². The van der Waals surface area contributed by atoms with Gasteiger partial charge in [-0.25, -0.2) is 4.79 Å². The molecule has 1 fully saturated rings. The van der Waals surface area contributed by atoms with Crippen molar-refractivity contribution in [2.45, 2.75) is 37.6 Å². The number of phenols is 1. The molecule has 1 saturated heterocycles. The summed E-state index contributed by atoms with van der Waals surface area (Å²) in [5, 5.41) is 23.5. The Labute approximate surface area is 263 Å². The second-order valence-corrected chi connectivity index (χ2v) is 11.5. The molecule has 0 spiro atoms. The van der Waals surface area contributed by atoms with E-state index in [4.69, 9.17) is 29.4 Å². The van der Waals surface area contributed by atoms with Gasteiger partial charge in [-0.05, 0) is 99.4 Å². The Morgan fingerprint density at radius 1 is 0.889 bits per heavy atom. The Hall–Kier alpha value is -3.94. The number of hydrogen-bond acceptors (Lipinski definition) is 11. The van der Waals surface area contributed by atoms with E-state index >= 15 is 0 Å². The Kier molecular flexibility index (Phi) is 11.1. The molecule has 0 saturated carbocycles. The zero-order valence-corrected chi connectivity index (χ0v) is 26.0. The number of carbonyl (C=O) groups excluding carboxylic acids is 2. The number of benzene rings is 2. The number of unbranched alkanes of at least 4 members (excludes halogenated alkanes) is 1. The molecule has 13 nitrogen and oxygen atoms in total. The average molecular weight is 628 g/mol. The summed E-state index contributed by atoms with van der Waals surface area (Å²) >= 11 is 0. The van der Waals surface area contributed by atoms with Gasteiger partial charge in [0.2, 0.25) is 12.5 Å². The van der Waals surface area contributed by atoms with Gasteiger partial charge in [0.1, 0.15) is 0 Å². The van der Waals surface area contributed by atoms with Crippen LogP contribution in [0.4, 0.5) is 4.79 Å². The number of fused-ring (bicyclic) bond motifs is 3. The van der Waals surface area contributed by atoms with Crippen molar-refractivity contribution in [2.75, 3.05) is 66.9 Å². The summed E-state index contributed by atoms with van der Waals surface area (Å²) in [7, 11) is 2.91. The second-order valence-electron chi connectivity index (χ2n) is 11.5. The molecule has 0 aromatic heterocycles. The minimum atomic E-state index is -0.610. The summed E-state index contributed by atoms with van der Waals surface area (Å²) < 4.78 is 27.8. The van der Waals surface area contributed by atoms with Gasteiger partial charge in [0, 0.05) is 18.4 Å². The molecule has 246 valence electrons. The van der Waals surface area contributed by atoms with Crippen molar-refractivity contribution in [1.29, 1.82) is 0 Å². The molecule has 2 aromatic carbocycles. The molecule has 0 radical (unpaired) electrons. The summed E-state index contributed by atoms with van der Waals surface area (Å²) in [6, 6.07) is 6.31. The van der Waals surface area contributed by atoms with Crippen molar-refractivity contribution in [3.05, 3.63) is 41.0 Å². The molecule has 4 unspecified atom stereocenters.